The number of hydrogen-bond donors (Lipinski definition) is 1. The van der Waals surface area contributed by atoms with E-state index >= 15 is 0 Å². The van der Waals surface area contributed by atoms with Crippen LogP contribution in [0.25, 0.3) is 11.0 Å². The first-order chi connectivity index (χ1) is 10.2. The second-order valence-corrected chi connectivity index (χ2v) is 4.75. The van der Waals surface area contributed by atoms with Crippen LogP contribution in [0, 0.1) is 0 Å². The van der Waals surface area contributed by atoms with Gasteiger partial charge in [0.25, 0.3) is 0 Å². The number of nitrogens with zero attached hydrogens (tertiary/aromatic N) is 3. The summed E-state index contributed by atoms with van der Waals surface area (Å²) in [5.41, 5.74) is 1.86. The van der Waals surface area contributed by atoms with Crippen molar-refractivity contribution in [3.8, 4) is 0 Å². The maximum atomic E-state index is 12.0. The van der Waals surface area contributed by atoms with Crippen LogP contribution in [0.2, 0.25) is 5.15 Å². The maximum Gasteiger partial charge on any atom is 0.231 e. The Hall–Kier alpha value is -2.53. The zero-order chi connectivity index (χ0) is 14.7. The van der Waals surface area contributed by atoms with Crippen LogP contribution in [0.15, 0.2) is 48.7 Å². The first kappa shape index (κ1) is 13.5. The SMILES string of the molecule is O=C(Cc1nc2ccccc2nc1Cl)Nc1ccccn1. The predicted octanol–water partition coefficient (Wildman–Crippen LogP) is 2.86. The number of fused-ring (bicyclic) bond motifs is 1. The molecule has 0 saturated heterocycles. The Morgan fingerprint density at radius 3 is 2.48 bits per heavy atom. The number of amides is 1. The van der Waals surface area contributed by atoms with Gasteiger partial charge in [0, 0.05) is 6.20 Å². The Bertz CT molecular complexity index is 792. The number of pyridine rings is 1. The highest BCUT2D eigenvalue weighted by Gasteiger charge is 2.12. The molecule has 0 saturated carbocycles. The highest BCUT2D eigenvalue weighted by Crippen LogP contribution is 2.17. The molecule has 0 atom stereocenters. The Labute approximate surface area is 126 Å². The van der Waals surface area contributed by atoms with Gasteiger partial charge in [0.15, 0.2) is 5.15 Å². The fourth-order valence-electron chi connectivity index (χ4n) is 1.90. The van der Waals surface area contributed by atoms with Gasteiger partial charge in [-0.1, -0.05) is 29.8 Å². The van der Waals surface area contributed by atoms with E-state index in [1.165, 1.54) is 0 Å². The minimum atomic E-state index is -0.236. The quantitative estimate of drug-likeness (QED) is 0.807. The van der Waals surface area contributed by atoms with Gasteiger partial charge >= 0.3 is 0 Å². The molecule has 104 valence electrons. The van der Waals surface area contributed by atoms with Crippen LogP contribution in [0.4, 0.5) is 5.82 Å². The average Bonchev–Trinajstić information content (AvgIpc) is 2.49. The summed E-state index contributed by atoms with van der Waals surface area (Å²) in [6.45, 7) is 0. The van der Waals surface area contributed by atoms with Crippen LogP contribution in [-0.4, -0.2) is 20.9 Å². The van der Waals surface area contributed by atoms with Crippen molar-refractivity contribution in [3.05, 3.63) is 59.5 Å². The standard InChI is InChI=1S/C15H11ClN4O/c16-15-12(18-10-5-1-2-6-11(10)19-15)9-14(21)20-13-7-3-4-8-17-13/h1-8H,9H2,(H,17,20,21). The van der Waals surface area contributed by atoms with Crippen LogP contribution in [0.3, 0.4) is 0 Å². The number of carbonyl (C=O) groups is 1. The molecule has 1 amide bonds. The van der Waals surface area contributed by atoms with E-state index in [0.29, 0.717) is 22.5 Å². The molecule has 0 radical (unpaired) electrons. The van der Waals surface area contributed by atoms with E-state index < -0.39 is 0 Å². The maximum absolute atomic E-state index is 12.0. The first-order valence-electron chi connectivity index (χ1n) is 6.34. The Morgan fingerprint density at radius 1 is 1.05 bits per heavy atom. The Balaban J connectivity index is 1.81. The third-order valence-electron chi connectivity index (χ3n) is 2.85. The molecule has 1 aromatic carbocycles. The van der Waals surface area contributed by atoms with Crippen LogP contribution in [0.1, 0.15) is 5.69 Å². The van der Waals surface area contributed by atoms with E-state index in [2.05, 4.69) is 20.3 Å². The summed E-state index contributed by atoms with van der Waals surface area (Å²) >= 11 is 6.08. The molecule has 0 aliphatic carbocycles. The normalized spacial score (nSPS) is 10.5. The summed E-state index contributed by atoms with van der Waals surface area (Å²) in [6, 6.07) is 12.7. The minimum Gasteiger partial charge on any atom is -0.310 e. The van der Waals surface area contributed by atoms with Crippen LogP contribution in [0.5, 0.6) is 0 Å². The lowest BCUT2D eigenvalue weighted by Crippen LogP contribution is -2.16. The molecule has 21 heavy (non-hydrogen) atoms. The molecule has 1 N–H and O–H groups in total. The molecule has 3 rings (SSSR count). The third-order valence-corrected chi connectivity index (χ3v) is 3.16. The number of aromatic nitrogens is 3. The van der Waals surface area contributed by atoms with E-state index in [0.717, 1.165) is 0 Å². The van der Waals surface area contributed by atoms with Crippen molar-refractivity contribution in [3.63, 3.8) is 0 Å². The predicted molar refractivity (Wildman–Crippen MR) is 81.1 cm³/mol. The van der Waals surface area contributed by atoms with E-state index in [1.54, 1.807) is 24.4 Å². The summed E-state index contributed by atoms with van der Waals surface area (Å²) in [6.07, 6.45) is 1.66. The second-order valence-electron chi connectivity index (χ2n) is 4.39. The van der Waals surface area contributed by atoms with Gasteiger partial charge in [-0.05, 0) is 24.3 Å². The molecule has 0 unspecified atom stereocenters. The molecule has 6 heteroatoms. The molecule has 0 fully saturated rings. The van der Waals surface area contributed by atoms with Crippen LogP contribution in [-0.2, 0) is 11.2 Å². The van der Waals surface area contributed by atoms with Crippen molar-refractivity contribution in [2.75, 3.05) is 5.32 Å². The molecule has 2 aromatic heterocycles. The average molecular weight is 299 g/mol. The van der Waals surface area contributed by atoms with Gasteiger partial charge in [-0.15, -0.1) is 0 Å². The zero-order valence-corrected chi connectivity index (χ0v) is 11.7. The first-order valence-corrected chi connectivity index (χ1v) is 6.72. The van der Waals surface area contributed by atoms with Crippen molar-refractivity contribution in [2.45, 2.75) is 6.42 Å². The number of carbonyl (C=O) groups excluding carboxylic acids is 1. The lowest BCUT2D eigenvalue weighted by atomic mass is 10.2. The molecule has 5 nitrogen and oxygen atoms in total. The number of halogens is 1. The summed E-state index contributed by atoms with van der Waals surface area (Å²) in [5, 5.41) is 2.93. The highest BCUT2D eigenvalue weighted by molar-refractivity contribution is 6.30. The lowest BCUT2D eigenvalue weighted by molar-refractivity contribution is -0.115. The molecule has 0 spiro atoms. The van der Waals surface area contributed by atoms with Gasteiger partial charge in [-0.3, -0.25) is 4.79 Å². The fourth-order valence-corrected chi connectivity index (χ4v) is 2.10. The monoisotopic (exact) mass is 298 g/mol. The van der Waals surface area contributed by atoms with Gasteiger partial charge in [0.1, 0.15) is 5.82 Å². The lowest BCUT2D eigenvalue weighted by Gasteiger charge is -2.06. The van der Waals surface area contributed by atoms with Gasteiger partial charge in [-0.25, -0.2) is 15.0 Å². The van der Waals surface area contributed by atoms with Gasteiger partial charge in [0.05, 0.1) is 23.1 Å². The number of hydrogen-bond acceptors (Lipinski definition) is 4. The highest BCUT2D eigenvalue weighted by atomic mass is 35.5. The minimum absolute atomic E-state index is 0.0489. The summed E-state index contributed by atoms with van der Waals surface area (Å²) in [7, 11) is 0. The summed E-state index contributed by atoms with van der Waals surface area (Å²) in [5.74, 6) is 0.257. The number of anilines is 1. The van der Waals surface area contributed by atoms with Crippen molar-refractivity contribution in [1.82, 2.24) is 15.0 Å². The van der Waals surface area contributed by atoms with E-state index in [1.807, 2.05) is 24.3 Å². The molecule has 2 heterocycles. The van der Waals surface area contributed by atoms with Crippen LogP contribution < -0.4 is 5.32 Å². The zero-order valence-electron chi connectivity index (χ0n) is 11.0. The van der Waals surface area contributed by atoms with Crippen molar-refractivity contribution in [1.29, 1.82) is 0 Å². The van der Waals surface area contributed by atoms with Gasteiger partial charge in [-0.2, -0.15) is 0 Å². The molecular formula is C15H11ClN4O. The number of benzene rings is 1. The summed E-state index contributed by atoms with van der Waals surface area (Å²) < 4.78 is 0. The summed E-state index contributed by atoms with van der Waals surface area (Å²) in [4.78, 5) is 24.6. The van der Waals surface area contributed by atoms with Gasteiger partial charge < -0.3 is 5.32 Å². The molecule has 0 aliphatic heterocycles. The molecule has 0 bridgehead atoms. The second kappa shape index (κ2) is 5.85. The third kappa shape index (κ3) is 3.14. The topological polar surface area (TPSA) is 67.8 Å². The largest absolute Gasteiger partial charge is 0.310 e. The van der Waals surface area contributed by atoms with Crippen LogP contribution >= 0.6 is 11.6 Å². The van der Waals surface area contributed by atoms with Crippen molar-refractivity contribution in [2.24, 2.45) is 0 Å². The Morgan fingerprint density at radius 2 is 1.76 bits per heavy atom. The van der Waals surface area contributed by atoms with Gasteiger partial charge in [0.2, 0.25) is 5.91 Å². The van der Waals surface area contributed by atoms with E-state index in [4.69, 9.17) is 11.6 Å². The molecule has 0 aliphatic rings. The molecule has 3 aromatic rings. The number of rotatable bonds is 3. The van der Waals surface area contributed by atoms with E-state index in [-0.39, 0.29) is 17.5 Å². The number of nitrogens with one attached hydrogen (secondary N) is 1. The molecular weight excluding hydrogens is 288 g/mol. The Kier molecular flexibility index (Phi) is 3.75. The van der Waals surface area contributed by atoms with Crippen molar-refractivity contribution < 1.29 is 4.79 Å². The fraction of sp³-hybridized carbons (Fsp3) is 0.0667. The smallest absolute Gasteiger partial charge is 0.231 e. The number of para-hydroxylation sites is 2. The van der Waals surface area contributed by atoms with E-state index in [9.17, 15) is 4.79 Å². The van der Waals surface area contributed by atoms with Crippen molar-refractivity contribution >= 4 is 34.4 Å².